The summed E-state index contributed by atoms with van der Waals surface area (Å²) in [4.78, 5) is 23.9. The van der Waals surface area contributed by atoms with E-state index in [1.54, 1.807) is 51.2 Å². The van der Waals surface area contributed by atoms with Crippen molar-refractivity contribution in [2.45, 2.75) is 37.8 Å². The van der Waals surface area contributed by atoms with Crippen molar-refractivity contribution < 1.29 is 23.1 Å². The van der Waals surface area contributed by atoms with Crippen molar-refractivity contribution >= 4 is 21.9 Å². The Balaban J connectivity index is 2.18. The van der Waals surface area contributed by atoms with Crippen LogP contribution in [0.5, 0.6) is 0 Å². The molecule has 0 aliphatic rings. The van der Waals surface area contributed by atoms with Crippen LogP contribution in [-0.4, -0.2) is 41.2 Å². The van der Waals surface area contributed by atoms with Crippen LogP contribution >= 0.6 is 0 Å². The zero-order chi connectivity index (χ0) is 20.4. The van der Waals surface area contributed by atoms with Crippen molar-refractivity contribution in [2.24, 2.45) is 7.05 Å². The molecule has 0 radical (unpaired) electrons. The van der Waals surface area contributed by atoms with Crippen LogP contribution in [0.2, 0.25) is 0 Å². The van der Waals surface area contributed by atoms with Crippen LogP contribution in [0.15, 0.2) is 35.2 Å². The molecule has 0 fully saturated rings. The number of nitrogens with zero attached hydrogens (tertiary/aromatic N) is 2. The van der Waals surface area contributed by atoms with Gasteiger partial charge in [-0.15, -0.1) is 0 Å². The molecule has 1 amide bonds. The summed E-state index contributed by atoms with van der Waals surface area (Å²) in [5.41, 5.74) is 1.12. The summed E-state index contributed by atoms with van der Waals surface area (Å²) in [6, 6.07) is 5.69. The maximum absolute atomic E-state index is 12.6. The van der Waals surface area contributed by atoms with E-state index in [9.17, 15) is 23.1 Å². The number of benzene rings is 1. The minimum Gasteiger partial charge on any atom is -0.479 e. The van der Waals surface area contributed by atoms with Gasteiger partial charge in [-0.3, -0.25) is 9.48 Å². The van der Waals surface area contributed by atoms with Gasteiger partial charge in [-0.25, -0.2) is 13.2 Å². The number of aromatic nitrogens is 2. The van der Waals surface area contributed by atoms with Crippen molar-refractivity contribution in [2.75, 3.05) is 0 Å². The second-order valence-corrected chi connectivity index (χ2v) is 7.81. The largest absolute Gasteiger partial charge is 0.479 e. The quantitative estimate of drug-likeness (QED) is 0.632. The smallest absolute Gasteiger partial charge is 0.330 e. The van der Waals surface area contributed by atoms with Gasteiger partial charge in [0, 0.05) is 7.05 Å². The highest BCUT2D eigenvalue weighted by Crippen LogP contribution is 2.19. The lowest BCUT2D eigenvalue weighted by Crippen LogP contribution is -2.47. The van der Waals surface area contributed by atoms with Crippen molar-refractivity contribution in [3.8, 4) is 0 Å². The molecular weight excluding hydrogens is 372 g/mol. The molecule has 2 rings (SSSR count). The summed E-state index contributed by atoms with van der Waals surface area (Å²) < 4.78 is 29.0. The molecule has 0 saturated carbocycles. The van der Waals surface area contributed by atoms with E-state index in [4.69, 9.17) is 0 Å². The number of sulfonamides is 1. The SMILES string of the molecule is Cc1nn(C)c(C)c1S(=O)(=O)NC(C)C(=O)N[C@H](C(=O)O)c1ccccc1. The van der Waals surface area contributed by atoms with Crippen LogP contribution in [0.25, 0.3) is 0 Å². The normalized spacial score (nSPS) is 13.8. The molecule has 10 heteroatoms. The molecule has 2 atom stereocenters. The molecule has 27 heavy (non-hydrogen) atoms. The third-order valence-electron chi connectivity index (χ3n) is 4.10. The average Bonchev–Trinajstić information content (AvgIpc) is 2.85. The predicted octanol–water partition coefficient (Wildman–Crippen LogP) is 0.646. The van der Waals surface area contributed by atoms with Crippen LogP contribution in [0.1, 0.15) is 29.9 Å². The number of hydrogen-bond donors (Lipinski definition) is 3. The molecule has 3 N–H and O–H groups in total. The molecule has 1 aromatic heterocycles. The first-order valence-electron chi connectivity index (χ1n) is 8.15. The number of carbonyl (C=O) groups is 2. The summed E-state index contributed by atoms with van der Waals surface area (Å²) in [6.07, 6.45) is 0. The number of nitrogens with one attached hydrogen (secondary N) is 2. The molecule has 1 unspecified atom stereocenters. The lowest BCUT2D eigenvalue weighted by Gasteiger charge is -2.19. The van der Waals surface area contributed by atoms with Crippen molar-refractivity contribution in [1.82, 2.24) is 19.8 Å². The molecule has 0 bridgehead atoms. The Hall–Kier alpha value is -2.72. The minimum atomic E-state index is -4.01. The molecule has 9 nitrogen and oxygen atoms in total. The highest BCUT2D eigenvalue weighted by molar-refractivity contribution is 7.89. The Morgan fingerprint density at radius 1 is 1.19 bits per heavy atom. The molecule has 0 aliphatic heterocycles. The van der Waals surface area contributed by atoms with Gasteiger partial charge in [0.05, 0.1) is 17.4 Å². The molecular formula is C17H22N4O5S. The fourth-order valence-electron chi connectivity index (χ4n) is 2.69. The fourth-order valence-corrected chi connectivity index (χ4v) is 4.33. The highest BCUT2D eigenvalue weighted by atomic mass is 32.2. The number of aliphatic carboxylic acids is 1. The second kappa shape index (κ2) is 7.89. The minimum absolute atomic E-state index is 0.00231. The van der Waals surface area contributed by atoms with Gasteiger partial charge in [0.25, 0.3) is 0 Å². The Labute approximate surface area is 157 Å². The number of rotatable bonds is 7. The Morgan fingerprint density at radius 3 is 2.26 bits per heavy atom. The fraction of sp³-hybridized carbons (Fsp3) is 0.353. The van der Waals surface area contributed by atoms with Gasteiger partial charge in [-0.05, 0) is 26.3 Å². The predicted molar refractivity (Wildman–Crippen MR) is 97.4 cm³/mol. The Morgan fingerprint density at radius 2 is 1.78 bits per heavy atom. The van der Waals surface area contributed by atoms with Gasteiger partial charge in [0.2, 0.25) is 15.9 Å². The molecule has 1 heterocycles. The number of carbonyl (C=O) groups excluding carboxylic acids is 1. The number of aryl methyl sites for hydroxylation is 2. The number of hydrogen-bond acceptors (Lipinski definition) is 5. The van der Waals surface area contributed by atoms with E-state index in [-0.39, 0.29) is 4.90 Å². The van der Waals surface area contributed by atoms with Crippen LogP contribution < -0.4 is 10.0 Å². The van der Waals surface area contributed by atoms with Crippen LogP contribution in [-0.2, 0) is 26.7 Å². The third-order valence-corrected chi connectivity index (χ3v) is 5.90. The molecule has 146 valence electrons. The maximum atomic E-state index is 12.6. The Kier molecular flexibility index (Phi) is 6.01. The lowest BCUT2D eigenvalue weighted by atomic mass is 10.1. The van der Waals surface area contributed by atoms with Gasteiger partial charge in [-0.2, -0.15) is 9.82 Å². The second-order valence-electron chi connectivity index (χ2n) is 6.16. The molecule has 0 saturated heterocycles. The van der Waals surface area contributed by atoms with E-state index in [0.29, 0.717) is 17.0 Å². The van der Waals surface area contributed by atoms with E-state index in [1.165, 1.54) is 11.6 Å². The van der Waals surface area contributed by atoms with E-state index in [1.807, 2.05) is 0 Å². The standard InChI is InChI=1S/C17H22N4O5S/c1-10-15(12(3)21(4)19-10)27(25,26)20-11(2)16(22)18-14(17(23)24)13-8-6-5-7-9-13/h5-9,11,14,20H,1-4H3,(H,18,22)(H,23,24)/t11?,14-/m0/s1. The third kappa shape index (κ3) is 4.52. The van der Waals surface area contributed by atoms with Crippen LogP contribution in [0.4, 0.5) is 0 Å². The first kappa shape index (κ1) is 20.6. The van der Waals surface area contributed by atoms with E-state index < -0.39 is 34.0 Å². The first-order valence-corrected chi connectivity index (χ1v) is 9.63. The molecule has 0 aliphatic carbocycles. The van der Waals surface area contributed by atoms with Gasteiger partial charge < -0.3 is 10.4 Å². The molecule has 2 aromatic rings. The summed E-state index contributed by atoms with van der Waals surface area (Å²) >= 11 is 0. The van der Waals surface area contributed by atoms with Gasteiger partial charge >= 0.3 is 5.97 Å². The van der Waals surface area contributed by atoms with Crippen LogP contribution in [0, 0.1) is 13.8 Å². The number of carboxylic acid groups (broad SMARTS) is 1. The zero-order valence-electron chi connectivity index (χ0n) is 15.4. The summed E-state index contributed by atoms with van der Waals surface area (Å²) in [5.74, 6) is -2.00. The van der Waals surface area contributed by atoms with E-state index in [0.717, 1.165) is 0 Å². The maximum Gasteiger partial charge on any atom is 0.330 e. The average molecular weight is 394 g/mol. The summed E-state index contributed by atoms with van der Waals surface area (Å²) in [5, 5.41) is 15.8. The number of amides is 1. The lowest BCUT2D eigenvalue weighted by molar-refractivity contribution is -0.142. The van der Waals surface area contributed by atoms with Gasteiger partial charge in [0.1, 0.15) is 4.90 Å². The van der Waals surface area contributed by atoms with E-state index >= 15 is 0 Å². The monoisotopic (exact) mass is 394 g/mol. The molecule has 0 spiro atoms. The van der Waals surface area contributed by atoms with Crippen molar-refractivity contribution in [1.29, 1.82) is 0 Å². The van der Waals surface area contributed by atoms with Gasteiger partial charge in [-0.1, -0.05) is 30.3 Å². The number of carboxylic acids is 1. The summed E-state index contributed by atoms with van der Waals surface area (Å²) in [6.45, 7) is 4.51. The Bertz CT molecular complexity index is 953. The zero-order valence-corrected chi connectivity index (χ0v) is 16.2. The van der Waals surface area contributed by atoms with Gasteiger partial charge in [0.15, 0.2) is 6.04 Å². The van der Waals surface area contributed by atoms with E-state index in [2.05, 4.69) is 15.1 Å². The van der Waals surface area contributed by atoms with Crippen molar-refractivity contribution in [3.05, 3.63) is 47.3 Å². The highest BCUT2D eigenvalue weighted by Gasteiger charge is 2.30. The molecule has 1 aromatic carbocycles. The first-order chi connectivity index (χ1) is 12.5. The topological polar surface area (TPSA) is 130 Å². The van der Waals surface area contributed by atoms with Crippen molar-refractivity contribution in [3.63, 3.8) is 0 Å². The van der Waals surface area contributed by atoms with Crippen LogP contribution in [0.3, 0.4) is 0 Å². The summed E-state index contributed by atoms with van der Waals surface area (Å²) in [7, 11) is -2.39.